The van der Waals surface area contributed by atoms with Gasteiger partial charge in [-0.05, 0) is 30.2 Å². The summed E-state index contributed by atoms with van der Waals surface area (Å²) in [6.45, 7) is 2.07. The molecule has 3 heteroatoms. The first-order valence-corrected chi connectivity index (χ1v) is 9.79. The molecule has 3 rings (SSSR count). The molecular formula is C23H23NOS. The molecule has 0 bridgehead atoms. The lowest BCUT2D eigenvalue weighted by Gasteiger charge is -2.20. The van der Waals surface area contributed by atoms with E-state index in [0.29, 0.717) is 6.42 Å². The molecule has 0 aliphatic rings. The fourth-order valence-corrected chi connectivity index (χ4v) is 3.65. The van der Waals surface area contributed by atoms with Crippen LogP contribution in [0.1, 0.15) is 29.2 Å². The predicted octanol–water partition coefficient (Wildman–Crippen LogP) is 5.38. The van der Waals surface area contributed by atoms with Crippen molar-refractivity contribution in [1.82, 2.24) is 5.32 Å². The second kappa shape index (κ2) is 9.25. The molecule has 0 aliphatic carbocycles. The number of benzene rings is 3. The average molecular weight is 362 g/mol. The van der Waals surface area contributed by atoms with Gasteiger partial charge in [-0.3, -0.25) is 4.79 Å². The molecule has 1 amide bonds. The van der Waals surface area contributed by atoms with E-state index in [4.69, 9.17) is 0 Å². The summed E-state index contributed by atoms with van der Waals surface area (Å²) in [5, 5.41) is 3.20. The van der Waals surface area contributed by atoms with E-state index >= 15 is 0 Å². The molecule has 2 nitrogen and oxygen atoms in total. The Hall–Kier alpha value is -2.52. The number of amides is 1. The third-order valence-electron chi connectivity index (χ3n) is 4.19. The molecule has 0 heterocycles. The predicted molar refractivity (Wildman–Crippen MR) is 109 cm³/mol. The lowest BCUT2D eigenvalue weighted by molar-refractivity contribution is -0.121. The maximum absolute atomic E-state index is 12.5. The van der Waals surface area contributed by atoms with Crippen molar-refractivity contribution in [2.24, 2.45) is 0 Å². The van der Waals surface area contributed by atoms with Gasteiger partial charge in [0.25, 0.3) is 0 Å². The summed E-state index contributed by atoms with van der Waals surface area (Å²) < 4.78 is 0. The fraction of sp³-hybridized carbons (Fsp3) is 0.174. The molecule has 0 fully saturated rings. The topological polar surface area (TPSA) is 29.1 Å². The van der Waals surface area contributed by atoms with Gasteiger partial charge in [0.05, 0.1) is 6.04 Å². The summed E-state index contributed by atoms with van der Waals surface area (Å²) in [7, 11) is 0. The molecule has 0 spiro atoms. The highest BCUT2D eigenvalue weighted by molar-refractivity contribution is 7.99. The van der Waals surface area contributed by atoms with E-state index in [1.165, 1.54) is 10.5 Å². The molecule has 0 radical (unpaired) electrons. The molecule has 1 atom stereocenters. The summed E-state index contributed by atoms with van der Waals surface area (Å²) in [6, 6.07) is 28.5. The second-order valence-corrected chi connectivity index (χ2v) is 7.40. The van der Waals surface area contributed by atoms with Gasteiger partial charge in [-0.2, -0.15) is 0 Å². The highest BCUT2D eigenvalue weighted by atomic mass is 32.2. The zero-order valence-corrected chi connectivity index (χ0v) is 15.7. The van der Waals surface area contributed by atoms with Gasteiger partial charge < -0.3 is 5.32 Å². The maximum atomic E-state index is 12.5. The largest absolute Gasteiger partial charge is 0.345 e. The highest BCUT2D eigenvalue weighted by Crippen LogP contribution is 2.23. The Morgan fingerprint density at radius 1 is 0.846 bits per heavy atom. The van der Waals surface area contributed by atoms with Crippen LogP contribution < -0.4 is 5.32 Å². The van der Waals surface area contributed by atoms with Crippen molar-refractivity contribution in [3.63, 3.8) is 0 Å². The first kappa shape index (κ1) is 18.3. The summed E-state index contributed by atoms with van der Waals surface area (Å²) in [6.07, 6.45) is 0.495. The lowest BCUT2D eigenvalue weighted by atomic mass is 9.97. The second-order valence-electron chi connectivity index (χ2n) is 6.23. The van der Waals surface area contributed by atoms with E-state index in [-0.39, 0.29) is 11.9 Å². The molecule has 1 N–H and O–H groups in total. The van der Waals surface area contributed by atoms with Crippen LogP contribution in [0.2, 0.25) is 0 Å². The van der Waals surface area contributed by atoms with E-state index in [0.717, 1.165) is 16.9 Å². The zero-order valence-electron chi connectivity index (χ0n) is 14.9. The van der Waals surface area contributed by atoms with Crippen LogP contribution in [-0.2, 0) is 4.79 Å². The Kier molecular flexibility index (Phi) is 6.50. The molecule has 0 saturated heterocycles. The van der Waals surface area contributed by atoms with Crippen LogP contribution in [0, 0.1) is 6.92 Å². The third kappa shape index (κ3) is 5.24. The van der Waals surface area contributed by atoms with Crippen molar-refractivity contribution in [3.05, 3.63) is 102 Å². The number of nitrogens with one attached hydrogen (secondary N) is 1. The minimum atomic E-state index is -0.119. The third-order valence-corrected chi connectivity index (χ3v) is 5.20. The van der Waals surface area contributed by atoms with Gasteiger partial charge in [-0.15, -0.1) is 11.8 Å². The van der Waals surface area contributed by atoms with Crippen molar-refractivity contribution in [1.29, 1.82) is 0 Å². The van der Waals surface area contributed by atoms with Crippen LogP contribution in [0.15, 0.2) is 89.8 Å². The van der Waals surface area contributed by atoms with Gasteiger partial charge in [0.2, 0.25) is 5.91 Å². The first-order chi connectivity index (χ1) is 12.7. The van der Waals surface area contributed by atoms with Gasteiger partial charge in [0.15, 0.2) is 0 Å². The van der Waals surface area contributed by atoms with Crippen LogP contribution >= 0.6 is 11.8 Å². The lowest BCUT2D eigenvalue weighted by Crippen LogP contribution is -2.29. The Balaban J connectivity index is 1.65. The van der Waals surface area contributed by atoms with Gasteiger partial charge in [0, 0.05) is 17.1 Å². The van der Waals surface area contributed by atoms with Gasteiger partial charge in [0.1, 0.15) is 0 Å². The minimum Gasteiger partial charge on any atom is -0.345 e. The van der Waals surface area contributed by atoms with Crippen molar-refractivity contribution in [2.45, 2.75) is 24.3 Å². The van der Waals surface area contributed by atoms with Crippen LogP contribution in [0.3, 0.4) is 0 Å². The first-order valence-electron chi connectivity index (χ1n) is 8.81. The van der Waals surface area contributed by atoms with Crippen LogP contribution in [0.5, 0.6) is 0 Å². The Morgan fingerprint density at radius 2 is 1.42 bits per heavy atom. The highest BCUT2D eigenvalue weighted by Gasteiger charge is 2.16. The Bertz CT molecular complexity index is 816. The van der Waals surface area contributed by atoms with E-state index < -0.39 is 0 Å². The number of hydrogen-bond donors (Lipinski definition) is 1. The molecular weight excluding hydrogens is 338 g/mol. The average Bonchev–Trinajstić information content (AvgIpc) is 2.68. The van der Waals surface area contributed by atoms with Gasteiger partial charge in [-0.25, -0.2) is 0 Å². The van der Waals surface area contributed by atoms with Crippen LogP contribution in [-0.4, -0.2) is 11.7 Å². The minimum absolute atomic E-state index is 0.0721. The van der Waals surface area contributed by atoms with Gasteiger partial charge >= 0.3 is 0 Å². The molecule has 3 aromatic carbocycles. The molecule has 0 aliphatic heterocycles. The maximum Gasteiger partial charge on any atom is 0.221 e. The SMILES string of the molecule is Cc1ccc(C(NC(=O)CCSc2ccccc2)c2ccccc2)cc1. The summed E-state index contributed by atoms with van der Waals surface area (Å²) >= 11 is 1.71. The van der Waals surface area contributed by atoms with E-state index in [1.54, 1.807) is 11.8 Å². The van der Waals surface area contributed by atoms with Crippen molar-refractivity contribution in [3.8, 4) is 0 Å². The Morgan fingerprint density at radius 3 is 2.08 bits per heavy atom. The molecule has 0 aromatic heterocycles. The van der Waals surface area contributed by atoms with Crippen LogP contribution in [0.25, 0.3) is 0 Å². The van der Waals surface area contributed by atoms with Crippen molar-refractivity contribution in [2.75, 3.05) is 5.75 Å². The molecule has 0 saturated carbocycles. The van der Waals surface area contributed by atoms with E-state index in [9.17, 15) is 4.79 Å². The quantitative estimate of drug-likeness (QED) is 0.572. The monoisotopic (exact) mass is 361 g/mol. The smallest absolute Gasteiger partial charge is 0.221 e. The summed E-state index contributed by atoms with van der Waals surface area (Å²) in [4.78, 5) is 13.7. The summed E-state index contributed by atoms with van der Waals surface area (Å²) in [5.74, 6) is 0.841. The molecule has 132 valence electrons. The van der Waals surface area contributed by atoms with E-state index in [2.05, 4.69) is 60.8 Å². The molecule has 3 aromatic rings. The van der Waals surface area contributed by atoms with Crippen LogP contribution in [0.4, 0.5) is 0 Å². The van der Waals surface area contributed by atoms with Gasteiger partial charge in [-0.1, -0.05) is 78.4 Å². The summed E-state index contributed by atoms with van der Waals surface area (Å²) in [5.41, 5.74) is 3.41. The number of aryl methyl sites for hydroxylation is 1. The number of carbonyl (C=O) groups is 1. The number of rotatable bonds is 7. The number of carbonyl (C=O) groups excluding carboxylic acids is 1. The van der Waals surface area contributed by atoms with Crippen molar-refractivity contribution < 1.29 is 4.79 Å². The fourth-order valence-electron chi connectivity index (χ4n) is 2.77. The van der Waals surface area contributed by atoms with E-state index in [1.807, 2.05) is 36.4 Å². The number of hydrogen-bond acceptors (Lipinski definition) is 2. The molecule has 1 unspecified atom stereocenters. The Labute approximate surface area is 159 Å². The standard InChI is InChI=1S/C23H23NOS/c1-18-12-14-20(15-13-18)23(19-8-4-2-5-9-19)24-22(25)16-17-26-21-10-6-3-7-11-21/h2-15,23H,16-17H2,1H3,(H,24,25). The number of thioether (sulfide) groups is 1. The zero-order chi connectivity index (χ0) is 18.2. The molecule has 26 heavy (non-hydrogen) atoms. The normalized spacial score (nSPS) is 11.7. The van der Waals surface area contributed by atoms with Crippen molar-refractivity contribution >= 4 is 17.7 Å².